The van der Waals surface area contributed by atoms with Crippen LogP contribution >= 0.6 is 11.6 Å². The molecular formula is C17H19ClFN3O4S. The molecule has 1 aromatic carbocycles. The van der Waals surface area contributed by atoms with Crippen molar-refractivity contribution >= 4 is 27.5 Å². The number of nitrogens with zero attached hydrogens (tertiary/aromatic N) is 2. The zero-order chi connectivity index (χ0) is 19.4. The van der Waals surface area contributed by atoms with Crippen LogP contribution in [0, 0.1) is 5.82 Å². The van der Waals surface area contributed by atoms with E-state index >= 15 is 0 Å². The van der Waals surface area contributed by atoms with E-state index < -0.39 is 20.7 Å². The molecule has 1 aliphatic rings. The van der Waals surface area contributed by atoms with Gasteiger partial charge in [-0.25, -0.2) is 12.8 Å². The summed E-state index contributed by atoms with van der Waals surface area (Å²) in [5, 5.41) is 2.52. The lowest BCUT2D eigenvalue weighted by Gasteiger charge is -2.34. The molecule has 10 heteroatoms. The molecule has 1 amide bonds. The van der Waals surface area contributed by atoms with E-state index in [2.05, 4.69) is 5.32 Å². The largest absolute Gasteiger partial charge is 0.459 e. The Hall–Kier alpha value is -1.94. The van der Waals surface area contributed by atoms with Crippen LogP contribution < -0.4 is 5.32 Å². The van der Waals surface area contributed by atoms with Gasteiger partial charge in [-0.2, -0.15) is 4.31 Å². The van der Waals surface area contributed by atoms with E-state index in [-0.39, 0.29) is 29.8 Å². The molecule has 1 aliphatic heterocycles. The lowest BCUT2D eigenvalue weighted by atomic mass is 10.3. The van der Waals surface area contributed by atoms with Gasteiger partial charge in [0, 0.05) is 39.3 Å². The van der Waals surface area contributed by atoms with E-state index in [1.54, 1.807) is 12.1 Å². The normalized spacial score (nSPS) is 16.4. The van der Waals surface area contributed by atoms with E-state index in [1.807, 2.05) is 4.90 Å². The fourth-order valence-corrected chi connectivity index (χ4v) is 4.58. The van der Waals surface area contributed by atoms with E-state index in [9.17, 15) is 17.6 Å². The van der Waals surface area contributed by atoms with E-state index in [4.69, 9.17) is 16.0 Å². The second-order valence-corrected chi connectivity index (χ2v) is 8.34. The van der Waals surface area contributed by atoms with Crippen LogP contribution in [0.25, 0.3) is 0 Å². The molecule has 2 aromatic rings. The van der Waals surface area contributed by atoms with Crippen LogP contribution in [0.3, 0.4) is 0 Å². The summed E-state index contributed by atoms with van der Waals surface area (Å²) in [7, 11) is -3.94. The van der Waals surface area contributed by atoms with Crippen LogP contribution in [0.4, 0.5) is 4.39 Å². The number of benzene rings is 1. The molecule has 1 fully saturated rings. The van der Waals surface area contributed by atoms with Crippen LogP contribution in [-0.2, 0) is 10.0 Å². The lowest BCUT2D eigenvalue weighted by molar-refractivity contribution is 0.0917. The highest BCUT2D eigenvalue weighted by atomic mass is 35.5. The first kappa shape index (κ1) is 19.8. The molecule has 7 nitrogen and oxygen atoms in total. The summed E-state index contributed by atoms with van der Waals surface area (Å²) >= 11 is 5.69. The molecular weight excluding hydrogens is 397 g/mol. The van der Waals surface area contributed by atoms with Gasteiger partial charge in [0.25, 0.3) is 5.91 Å². The van der Waals surface area contributed by atoms with Crippen molar-refractivity contribution in [3.05, 3.63) is 53.2 Å². The Morgan fingerprint density at radius 2 is 1.93 bits per heavy atom. The molecule has 1 saturated heterocycles. The van der Waals surface area contributed by atoms with Gasteiger partial charge in [0.05, 0.1) is 11.3 Å². The van der Waals surface area contributed by atoms with Crippen molar-refractivity contribution in [2.45, 2.75) is 4.90 Å². The highest BCUT2D eigenvalue weighted by molar-refractivity contribution is 7.89. The number of hydrogen-bond donors (Lipinski definition) is 1. The van der Waals surface area contributed by atoms with Gasteiger partial charge in [-0.1, -0.05) is 17.7 Å². The van der Waals surface area contributed by atoms with Gasteiger partial charge in [-0.15, -0.1) is 0 Å². The molecule has 1 aromatic heterocycles. The summed E-state index contributed by atoms with van der Waals surface area (Å²) < 4.78 is 45.6. The first-order valence-corrected chi connectivity index (χ1v) is 10.2. The summed E-state index contributed by atoms with van der Waals surface area (Å²) in [5.74, 6) is -0.977. The Labute approximate surface area is 161 Å². The average Bonchev–Trinajstić information content (AvgIpc) is 3.19. The fourth-order valence-electron chi connectivity index (χ4n) is 2.84. The highest BCUT2D eigenvalue weighted by Crippen LogP contribution is 2.25. The van der Waals surface area contributed by atoms with Crippen molar-refractivity contribution in [1.82, 2.24) is 14.5 Å². The maximum absolute atomic E-state index is 14.1. The van der Waals surface area contributed by atoms with Crippen LogP contribution in [0.2, 0.25) is 5.02 Å². The maximum atomic E-state index is 14.1. The standard InChI is InChI=1S/C17H19ClFN3O4S/c18-13-3-1-5-15(16(13)19)27(24,25)22-10-8-21(9-11-22)7-6-20-17(23)14-4-2-12-26-14/h1-5,12H,6-11H2,(H,20,23). The number of hydrogen-bond acceptors (Lipinski definition) is 5. The first-order valence-electron chi connectivity index (χ1n) is 8.38. The SMILES string of the molecule is O=C(NCCN1CCN(S(=O)(=O)c2cccc(Cl)c2F)CC1)c1ccco1. The van der Waals surface area contributed by atoms with Gasteiger partial charge in [0.15, 0.2) is 11.6 Å². The van der Waals surface area contributed by atoms with E-state index in [1.165, 1.54) is 28.8 Å². The topological polar surface area (TPSA) is 82.9 Å². The number of nitrogens with one attached hydrogen (secondary N) is 1. The fraction of sp³-hybridized carbons (Fsp3) is 0.353. The molecule has 146 valence electrons. The van der Waals surface area contributed by atoms with Crippen LogP contribution in [-0.4, -0.2) is 62.8 Å². The third kappa shape index (κ3) is 4.49. The Balaban J connectivity index is 1.51. The van der Waals surface area contributed by atoms with Crippen LogP contribution in [0.15, 0.2) is 45.9 Å². The zero-order valence-electron chi connectivity index (χ0n) is 14.4. The van der Waals surface area contributed by atoms with Crippen LogP contribution in [0.1, 0.15) is 10.6 Å². The molecule has 0 bridgehead atoms. The number of furan rings is 1. The third-order valence-corrected chi connectivity index (χ3v) is 6.53. The highest BCUT2D eigenvalue weighted by Gasteiger charge is 2.31. The second-order valence-electron chi connectivity index (χ2n) is 6.03. The van der Waals surface area contributed by atoms with Crippen molar-refractivity contribution in [2.24, 2.45) is 0 Å². The number of amides is 1. The molecule has 1 N–H and O–H groups in total. The smallest absolute Gasteiger partial charge is 0.287 e. The molecule has 0 aliphatic carbocycles. The van der Waals surface area contributed by atoms with Gasteiger partial charge >= 0.3 is 0 Å². The zero-order valence-corrected chi connectivity index (χ0v) is 16.0. The number of rotatable bonds is 6. The molecule has 0 spiro atoms. The number of sulfonamides is 1. The minimum atomic E-state index is -3.94. The predicted molar refractivity (Wildman–Crippen MR) is 97.7 cm³/mol. The summed E-state index contributed by atoms with van der Waals surface area (Å²) in [6.07, 6.45) is 1.43. The predicted octanol–water partition coefficient (Wildman–Crippen LogP) is 1.81. The Kier molecular flexibility index (Phi) is 6.15. The summed E-state index contributed by atoms with van der Waals surface area (Å²) in [4.78, 5) is 13.4. The summed E-state index contributed by atoms with van der Waals surface area (Å²) in [6.45, 7) is 2.43. The van der Waals surface area contributed by atoms with Crippen molar-refractivity contribution in [2.75, 3.05) is 39.3 Å². The van der Waals surface area contributed by atoms with E-state index in [0.29, 0.717) is 26.2 Å². The number of carbonyl (C=O) groups excluding carboxylic acids is 1. The molecule has 3 rings (SSSR count). The quantitative estimate of drug-likeness (QED) is 0.778. The first-order chi connectivity index (χ1) is 12.9. The number of carbonyl (C=O) groups is 1. The maximum Gasteiger partial charge on any atom is 0.287 e. The van der Waals surface area contributed by atoms with Gasteiger partial charge in [0.2, 0.25) is 10.0 Å². The van der Waals surface area contributed by atoms with Crippen LogP contribution in [0.5, 0.6) is 0 Å². The minimum absolute atomic E-state index is 0.220. The molecule has 0 radical (unpaired) electrons. The molecule has 27 heavy (non-hydrogen) atoms. The van der Waals surface area contributed by atoms with Gasteiger partial charge in [-0.05, 0) is 24.3 Å². The number of halogens is 2. The molecule has 0 unspecified atom stereocenters. The number of piperazine rings is 1. The Morgan fingerprint density at radius 3 is 2.59 bits per heavy atom. The minimum Gasteiger partial charge on any atom is -0.459 e. The van der Waals surface area contributed by atoms with Crippen molar-refractivity contribution in [3.8, 4) is 0 Å². The van der Waals surface area contributed by atoms with Gasteiger partial charge in [0.1, 0.15) is 4.90 Å². The summed E-state index contributed by atoms with van der Waals surface area (Å²) in [5.41, 5.74) is 0. The molecule has 2 heterocycles. The van der Waals surface area contributed by atoms with Crippen molar-refractivity contribution in [3.63, 3.8) is 0 Å². The molecule has 0 atom stereocenters. The lowest BCUT2D eigenvalue weighted by Crippen LogP contribution is -2.50. The van der Waals surface area contributed by atoms with E-state index in [0.717, 1.165) is 0 Å². The third-order valence-electron chi connectivity index (χ3n) is 4.32. The Morgan fingerprint density at radius 1 is 1.19 bits per heavy atom. The molecule has 0 saturated carbocycles. The van der Waals surface area contributed by atoms with Crippen molar-refractivity contribution < 1.29 is 22.0 Å². The second kappa shape index (κ2) is 8.39. The van der Waals surface area contributed by atoms with Gasteiger partial charge < -0.3 is 9.73 Å². The monoisotopic (exact) mass is 415 g/mol. The average molecular weight is 416 g/mol. The van der Waals surface area contributed by atoms with Gasteiger partial charge in [-0.3, -0.25) is 9.69 Å². The van der Waals surface area contributed by atoms with Crippen molar-refractivity contribution in [1.29, 1.82) is 0 Å². The Bertz CT molecular complexity index is 897. The summed E-state index contributed by atoms with van der Waals surface area (Å²) in [6, 6.07) is 7.15.